The maximum absolute atomic E-state index is 12.5. The highest BCUT2D eigenvalue weighted by Gasteiger charge is 2.45. The number of hydrogen-bond acceptors (Lipinski definition) is 4. The Bertz CT molecular complexity index is 316. The van der Waals surface area contributed by atoms with Crippen molar-refractivity contribution in [1.82, 2.24) is 4.90 Å². The largest absolute Gasteiger partial charge is 0.392 e. The normalized spacial score (nSPS) is 19.5. The second-order valence-corrected chi connectivity index (χ2v) is 5.39. The molecule has 1 saturated carbocycles. The van der Waals surface area contributed by atoms with Crippen LogP contribution in [0.4, 0.5) is 0 Å². The molecule has 3 N–H and O–H groups in total. The van der Waals surface area contributed by atoms with Gasteiger partial charge in [0.2, 0.25) is 5.91 Å². The summed E-state index contributed by atoms with van der Waals surface area (Å²) in [5, 5.41) is 9.65. The van der Waals surface area contributed by atoms with Crippen LogP contribution in [0.5, 0.6) is 0 Å². The molecule has 1 aliphatic rings. The number of methoxy groups -OCH3 is 1. The third kappa shape index (κ3) is 3.18. The van der Waals surface area contributed by atoms with E-state index in [-0.39, 0.29) is 24.0 Å². The van der Waals surface area contributed by atoms with Gasteiger partial charge < -0.3 is 20.5 Å². The van der Waals surface area contributed by atoms with Crippen molar-refractivity contribution in [2.75, 3.05) is 27.3 Å². The van der Waals surface area contributed by atoms with Gasteiger partial charge in [-0.1, -0.05) is 25.1 Å². The predicted octanol–water partition coefficient (Wildman–Crippen LogP) is 0.299. The highest BCUT2D eigenvalue weighted by molar-refractivity contribution is 7.80. The van der Waals surface area contributed by atoms with Gasteiger partial charge in [-0.05, 0) is 12.8 Å². The summed E-state index contributed by atoms with van der Waals surface area (Å²) in [6.07, 6.45) is 2.68. The summed E-state index contributed by atoms with van der Waals surface area (Å²) in [7, 11) is 3.18. The van der Waals surface area contributed by atoms with E-state index in [1.54, 1.807) is 7.05 Å². The third-order valence-corrected chi connectivity index (χ3v) is 3.92. The standard InChI is InChI=1S/C12H22N2O3S/c1-14(7-9(15)8-17-2)11(16)12(10(13)18)5-3-4-6-12/h9,15H,3-8H2,1-2H3,(H2,13,18). The molecule has 1 rings (SSSR count). The van der Waals surface area contributed by atoms with Gasteiger partial charge in [0.05, 0.1) is 23.1 Å². The minimum absolute atomic E-state index is 0.0809. The van der Waals surface area contributed by atoms with Crippen LogP contribution in [0.25, 0.3) is 0 Å². The number of likely N-dealkylation sites (N-methyl/N-ethyl adjacent to an activating group) is 1. The van der Waals surface area contributed by atoms with Crippen LogP contribution in [0, 0.1) is 5.41 Å². The highest BCUT2D eigenvalue weighted by Crippen LogP contribution is 2.39. The molecule has 0 aromatic carbocycles. The SMILES string of the molecule is COCC(O)CN(C)C(=O)C1(C(N)=S)CCCC1. The second-order valence-electron chi connectivity index (χ2n) is 4.95. The number of rotatable bonds is 6. The van der Waals surface area contributed by atoms with Gasteiger partial charge in [-0.3, -0.25) is 4.79 Å². The van der Waals surface area contributed by atoms with E-state index in [9.17, 15) is 9.90 Å². The Hall–Kier alpha value is -0.720. The molecule has 1 unspecified atom stereocenters. The van der Waals surface area contributed by atoms with E-state index in [0.29, 0.717) is 12.8 Å². The van der Waals surface area contributed by atoms with Crippen LogP contribution in [-0.2, 0) is 9.53 Å². The summed E-state index contributed by atoms with van der Waals surface area (Å²) in [4.78, 5) is 14.2. The van der Waals surface area contributed by atoms with Crippen molar-refractivity contribution in [3.05, 3.63) is 0 Å². The number of thiocarbonyl (C=S) groups is 1. The van der Waals surface area contributed by atoms with Crippen molar-refractivity contribution in [1.29, 1.82) is 0 Å². The van der Waals surface area contributed by atoms with E-state index in [0.717, 1.165) is 12.8 Å². The molecule has 0 bridgehead atoms. The van der Waals surface area contributed by atoms with Crippen LogP contribution in [0.3, 0.4) is 0 Å². The zero-order valence-electron chi connectivity index (χ0n) is 11.0. The number of nitrogens with two attached hydrogens (primary N) is 1. The third-order valence-electron chi connectivity index (χ3n) is 3.53. The van der Waals surface area contributed by atoms with Gasteiger partial charge in [0.1, 0.15) is 0 Å². The molecule has 0 aromatic heterocycles. The predicted molar refractivity (Wildman–Crippen MR) is 73.2 cm³/mol. The fraction of sp³-hybridized carbons (Fsp3) is 0.833. The zero-order valence-corrected chi connectivity index (χ0v) is 11.8. The van der Waals surface area contributed by atoms with Gasteiger partial charge in [0.25, 0.3) is 0 Å². The van der Waals surface area contributed by atoms with Gasteiger partial charge in [-0.15, -0.1) is 0 Å². The molecule has 0 radical (unpaired) electrons. The van der Waals surface area contributed by atoms with E-state index < -0.39 is 11.5 Å². The van der Waals surface area contributed by atoms with Gasteiger partial charge in [-0.25, -0.2) is 0 Å². The fourth-order valence-corrected chi connectivity index (χ4v) is 2.85. The van der Waals surface area contributed by atoms with Crippen molar-refractivity contribution in [2.24, 2.45) is 11.1 Å². The number of ether oxygens (including phenoxy) is 1. The van der Waals surface area contributed by atoms with E-state index in [1.165, 1.54) is 12.0 Å². The summed E-state index contributed by atoms with van der Waals surface area (Å²) in [5.41, 5.74) is 5.06. The summed E-state index contributed by atoms with van der Waals surface area (Å²) < 4.78 is 4.84. The van der Waals surface area contributed by atoms with Gasteiger partial charge in [0, 0.05) is 20.7 Å². The zero-order chi connectivity index (χ0) is 13.8. The van der Waals surface area contributed by atoms with Crippen LogP contribution >= 0.6 is 12.2 Å². The second kappa shape index (κ2) is 6.45. The van der Waals surface area contributed by atoms with Gasteiger partial charge in [-0.2, -0.15) is 0 Å². The Morgan fingerprint density at radius 2 is 2.11 bits per heavy atom. The van der Waals surface area contributed by atoms with Crippen molar-refractivity contribution in [3.8, 4) is 0 Å². The molecule has 104 valence electrons. The number of carbonyl (C=O) groups excluding carboxylic acids is 1. The molecule has 5 nitrogen and oxygen atoms in total. The summed E-state index contributed by atoms with van der Waals surface area (Å²) >= 11 is 5.07. The lowest BCUT2D eigenvalue weighted by atomic mass is 9.84. The van der Waals surface area contributed by atoms with Crippen LogP contribution in [0.15, 0.2) is 0 Å². The molecule has 1 atom stereocenters. The van der Waals surface area contributed by atoms with Crippen LogP contribution in [-0.4, -0.2) is 54.3 Å². The molecular formula is C12H22N2O3S. The number of amides is 1. The average Bonchev–Trinajstić information content (AvgIpc) is 2.78. The Morgan fingerprint density at radius 3 is 2.56 bits per heavy atom. The van der Waals surface area contributed by atoms with Crippen molar-refractivity contribution in [3.63, 3.8) is 0 Å². The van der Waals surface area contributed by atoms with Crippen molar-refractivity contribution < 1.29 is 14.6 Å². The van der Waals surface area contributed by atoms with Crippen molar-refractivity contribution in [2.45, 2.75) is 31.8 Å². The molecular weight excluding hydrogens is 252 g/mol. The van der Waals surface area contributed by atoms with Crippen LogP contribution in [0.1, 0.15) is 25.7 Å². The topological polar surface area (TPSA) is 75.8 Å². The smallest absolute Gasteiger partial charge is 0.235 e. The molecule has 0 spiro atoms. The van der Waals surface area contributed by atoms with Gasteiger partial charge >= 0.3 is 0 Å². The summed E-state index contributed by atoms with van der Waals surface area (Å²) in [6, 6.07) is 0. The van der Waals surface area contributed by atoms with Crippen molar-refractivity contribution >= 4 is 23.1 Å². The molecule has 1 fully saturated rings. The molecule has 6 heteroatoms. The molecule has 1 amide bonds. The first-order chi connectivity index (χ1) is 8.44. The highest BCUT2D eigenvalue weighted by atomic mass is 32.1. The number of aliphatic hydroxyl groups is 1. The number of carbonyl (C=O) groups is 1. The molecule has 1 aliphatic carbocycles. The molecule has 0 heterocycles. The monoisotopic (exact) mass is 274 g/mol. The van der Waals surface area contributed by atoms with Crippen LogP contribution in [0.2, 0.25) is 0 Å². The fourth-order valence-electron chi connectivity index (χ4n) is 2.55. The minimum Gasteiger partial charge on any atom is -0.392 e. The van der Waals surface area contributed by atoms with E-state index >= 15 is 0 Å². The Labute approximate surface area is 113 Å². The Balaban J connectivity index is 2.69. The van der Waals surface area contributed by atoms with Gasteiger partial charge in [0.15, 0.2) is 0 Å². The first-order valence-corrected chi connectivity index (χ1v) is 6.57. The molecule has 18 heavy (non-hydrogen) atoms. The summed E-state index contributed by atoms with van der Waals surface area (Å²) in [6.45, 7) is 0.439. The number of hydrogen-bond donors (Lipinski definition) is 2. The lowest BCUT2D eigenvalue weighted by Crippen LogP contribution is -2.49. The average molecular weight is 274 g/mol. The lowest BCUT2D eigenvalue weighted by Gasteiger charge is -2.32. The number of nitrogens with zero attached hydrogens (tertiary/aromatic N) is 1. The Kier molecular flexibility index (Phi) is 5.49. The summed E-state index contributed by atoms with van der Waals surface area (Å²) in [5.74, 6) is -0.0809. The quantitative estimate of drug-likeness (QED) is 0.681. The first-order valence-electron chi connectivity index (χ1n) is 6.16. The number of aliphatic hydroxyl groups excluding tert-OH is 1. The maximum Gasteiger partial charge on any atom is 0.235 e. The Morgan fingerprint density at radius 1 is 1.56 bits per heavy atom. The van der Waals surface area contributed by atoms with E-state index in [1.807, 2.05) is 0 Å². The minimum atomic E-state index is -0.698. The molecule has 0 aliphatic heterocycles. The first kappa shape index (κ1) is 15.3. The van der Waals surface area contributed by atoms with Crippen LogP contribution < -0.4 is 5.73 Å². The van der Waals surface area contributed by atoms with E-state index in [2.05, 4.69) is 0 Å². The molecule has 0 saturated heterocycles. The molecule has 0 aromatic rings. The van der Waals surface area contributed by atoms with E-state index in [4.69, 9.17) is 22.7 Å². The maximum atomic E-state index is 12.5. The lowest BCUT2D eigenvalue weighted by molar-refractivity contribution is -0.138.